The van der Waals surface area contributed by atoms with Crippen LogP contribution in [0.4, 0.5) is 15.8 Å². The van der Waals surface area contributed by atoms with E-state index in [0.717, 1.165) is 10.5 Å². The van der Waals surface area contributed by atoms with Gasteiger partial charge in [0.05, 0.1) is 10.9 Å². The van der Waals surface area contributed by atoms with Crippen molar-refractivity contribution in [3.63, 3.8) is 0 Å². The van der Waals surface area contributed by atoms with Crippen LogP contribution in [0.2, 0.25) is 0 Å². The van der Waals surface area contributed by atoms with E-state index in [4.69, 9.17) is 5.73 Å². The van der Waals surface area contributed by atoms with Crippen LogP contribution in [0.1, 0.15) is 12.5 Å². The zero-order valence-electron chi connectivity index (χ0n) is 11.9. The molecule has 0 spiro atoms. The van der Waals surface area contributed by atoms with Gasteiger partial charge in [0.25, 0.3) is 0 Å². The highest BCUT2D eigenvalue weighted by molar-refractivity contribution is 8.00. The van der Waals surface area contributed by atoms with Gasteiger partial charge in [-0.05, 0) is 44.2 Å². The van der Waals surface area contributed by atoms with Crippen LogP contribution < -0.4 is 11.1 Å². The summed E-state index contributed by atoms with van der Waals surface area (Å²) in [5.74, 6) is -0.753. The molecule has 21 heavy (non-hydrogen) atoms. The molecule has 0 aliphatic heterocycles. The van der Waals surface area contributed by atoms with Crippen molar-refractivity contribution in [1.29, 1.82) is 0 Å². The van der Waals surface area contributed by atoms with Gasteiger partial charge < -0.3 is 11.1 Å². The summed E-state index contributed by atoms with van der Waals surface area (Å²) in [7, 11) is 0. The number of nitrogens with one attached hydrogen (secondary N) is 1. The van der Waals surface area contributed by atoms with Crippen molar-refractivity contribution in [1.82, 2.24) is 0 Å². The van der Waals surface area contributed by atoms with Gasteiger partial charge in [0.1, 0.15) is 5.82 Å². The number of anilines is 2. The Bertz CT molecular complexity index is 660. The zero-order chi connectivity index (χ0) is 15.4. The summed E-state index contributed by atoms with van der Waals surface area (Å²) in [6.07, 6.45) is 0. The van der Waals surface area contributed by atoms with Gasteiger partial charge in [0.15, 0.2) is 0 Å². The van der Waals surface area contributed by atoms with Gasteiger partial charge in [0, 0.05) is 10.6 Å². The fourth-order valence-corrected chi connectivity index (χ4v) is 2.80. The summed E-state index contributed by atoms with van der Waals surface area (Å²) in [6.45, 7) is 3.78. The minimum atomic E-state index is -0.495. The fraction of sp³-hybridized carbons (Fsp3) is 0.188. The second-order valence-corrected chi connectivity index (χ2v) is 6.22. The number of hydrogen-bond acceptors (Lipinski definition) is 3. The molecule has 5 heteroatoms. The summed E-state index contributed by atoms with van der Waals surface area (Å²) in [6, 6.07) is 12.0. The number of carbonyl (C=O) groups excluding carboxylic acids is 1. The molecule has 0 aliphatic carbocycles. The Morgan fingerprint density at radius 1 is 1.29 bits per heavy atom. The molecule has 2 aromatic rings. The monoisotopic (exact) mass is 304 g/mol. The van der Waals surface area contributed by atoms with Crippen molar-refractivity contribution in [2.45, 2.75) is 24.0 Å². The molecule has 2 aromatic carbocycles. The maximum atomic E-state index is 13.6. The predicted octanol–water partition coefficient (Wildman–Crippen LogP) is 3.84. The summed E-state index contributed by atoms with van der Waals surface area (Å²) < 4.78 is 13.6. The molecule has 1 amide bonds. The molecule has 0 saturated heterocycles. The van der Waals surface area contributed by atoms with E-state index in [-0.39, 0.29) is 16.8 Å². The number of carbonyl (C=O) groups is 1. The van der Waals surface area contributed by atoms with E-state index in [2.05, 4.69) is 5.32 Å². The third-order valence-electron chi connectivity index (χ3n) is 2.92. The Morgan fingerprint density at radius 2 is 2.05 bits per heavy atom. The van der Waals surface area contributed by atoms with Gasteiger partial charge in [-0.2, -0.15) is 0 Å². The number of hydrogen-bond donors (Lipinski definition) is 2. The Morgan fingerprint density at radius 3 is 2.76 bits per heavy atom. The predicted molar refractivity (Wildman–Crippen MR) is 85.9 cm³/mol. The van der Waals surface area contributed by atoms with E-state index in [1.165, 1.54) is 30.0 Å². The van der Waals surface area contributed by atoms with Crippen molar-refractivity contribution in [3.8, 4) is 0 Å². The standard InChI is InChI=1S/C16H17FN2OS/c1-10-4-3-5-13(8-10)21-11(2)16(20)19-15-9-12(18)6-7-14(15)17/h3-9,11H,18H2,1-2H3,(H,19,20). The van der Waals surface area contributed by atoms with Gasteiger partial charge in [-0.15, -0.1) is 11.8 Å². The second kappa shape index (κ2) is 6.63. The minimum absolute atomic E-state index is 0.108. The molecule has 3 N–H and O–H groups in total. The van der Waals surface area contributed by atoms with Crippen molar-refractivity contribution < 1.29 is 9.18 Å². The number of amides is 1. The van der Waals surface area contributed by atoms with Crippen LogP contribution in [0.15, 0.2) is 47.4 Å². The van der Waals surface area contributed by atoms with E-state index in [9.17, 15) is 9.18 Å². The lowest BCUT2D eigenvalue weighted by Crippen LogP contribution is -2.23. The quantitative estimate of drug-likeness (QED) is 0.666. The van der Waals surface area contributed by atoms with Gasteiger partial charge >= 0.3 is 0 Å². The van der Waals surface area contributed by atoms with E-state index in [1.807, 2.05) is 31.2 Å². The first-order chi connectivity index (χ1) is 9.95. The lowest BCUT2D eigenvalue weighted by atomic mass is 10.2. The zero-order valence-corrected chi connectivity index (χ0v) is 12.7. The van der Waals surface area contributed by atoms with Crippen molar-refractivity contribution in [2.24, 2.45) is 0 Å². The van der Waals surface area contributed by atoms with Crippen molar-refractivity contribution in [3.05, 3.63) is 53.8 Å². The Hall–Kier alpha value is -2.01. The SMILES string of the molecule is Cc1cccc(SC(C)C(=O)Nc2cc(N)ccc2F)c1. The van der Waals surface area contributed by atoms with Crippen LogP contribution in [0.3, 0.4) is 0 Å². The Kier molecular flexibility index (Phi) is 4.85. The topological polar surface area (TPSA) is 55.1 Å². The number of benzene rings is 2. The summed E-state index contributed by atoms with van der Waals surface area (Å²) in [5.41, 5.74) is 7.25. The van der Waals surface area contributed by atoms with Crippen LogP contribution in [-0.4, -0.2) is 11.2 Å². The molecule has 0 fully saturated rings. The number of thioether (sulfide) groups is 1. The normalized spacial score (nSPS) is 12.0. The second-order valence-electron chi connectivity index (χ2n) is 4.81. The first kappa shape index (κ1) is 15.4. The molecule has 1 unspecified atom stereocenters. The minimum Gasteiger partial charge on any atom is -0.399 e. The van der Waals surface area contributed by atoms with Crippen molar-refractivity contribution in [2.75, 3.05) is 11.1 Å². The van der Waals surface area contributed by atoms with Gasteiger partial charge in [-0.1, -0.05) is 17.7 Å². The summed E-state index contributed by atoms with van der Waals surface area (Å²) >= 11 is 1.43. The van der Waals surface area contributed by atoms with Gasteiger partial charge in [0.2, 0.25) is 5.91 Å². The maximum absolute atomic E-state index is 13.6. The molecule has 0 heterocycles. The van der Waals surface area contributed by atoms with E-state index < -0.39 is 5.82 Å². The molecule has 2 rings (SSSR count). The van der Waals surface area contributed by atoms with Crippen LogP contribution in [0.25, 0.3) is 0 Å². The van der Waals surface area contributed by atoms with Crippen molar-refractivity contribution >= 4 is 29.0 Å². The number of halogens is 1. The van der Waals surface area contributed by atoms with Gasteiger partial charge in [-0.3, -0.25) is 4.79 Å². The van der Waals surface area contributed by atoms with Crippen LogP contribution in [0.5, 0.6) is 0 Å². The first-order valence-corrected chi connectivity index (χ1v) is 7.43. The third kappa shape index (κ3) is 4.23. The highest BCUT2D eigenvalue weighted by Gasteiger charge is 2.16. The Labute approximate surface area is 127 Å². The molecule has 0 radical (unpaired) electrons. The van der Waals surface area contributed by atoms with E-state index >= 15 is 0 Å². The maximum Gasteiger partial charge on any atom is 0.237 e. The van der Waals surface area contributed by atoms with Gasteiger partial charge in [-0.25, -0.2) is 4.39 Å². The molecule has 3 nitrogen and oxygen atoms in total. The first-order valence-electron chi connectivity index (χ1n) is 6.55. The van der Waals surface area contributed by atoms with Crippen LogP contribution >= 0.6 is 11.8 Å². The lowest BCUT2D eigenvalue weighted by molar-refractivity contribution is -0.115. The smallest absolute Gasteiger partial charge is 0.237 e. The number of nitrogens with two attached hydrogens (primary N) is 1. The summed E-state index contributed by atoms with van der Waals surface area (Å²) in [5, 5.41) is 2.23. The molecule has 0 bridgehead atoms. The van der Waals surface area contributed by atoms with Crippen LogP contribution in [-0.2, 0) is 4.79 Å². The van der Waals surface area contributed by atoms with Crippen LogP contribution in [0, 0.1) is 12.7 Å². The highest BCUT2D eigenvalue weighted by Crippen LogP contribution is 2.25. The highest BCUT2D eigenvalue weighted by atomic mass is 32.2. The Balaban J connectivity index is 2.04. The third-order valence-corrected chi connectivity index (χ3v) is 4.01. The van der Waals surface area contributed by atoms with E-state index in [1.54, 1.807) is 6.92 Å². The van der Waals surface area contributed by atoms with E-state index in [0.29, 0.717) is 5.69 Å². The molecule has 110 valence electrons. The molecule has 0 aliphatic rings. The average Bonchev–Trinajstić information content (AvgIpc) is 2.43. The summed E-state index contributed by atoms with van der Waals surface area (Å²) in [4.78, 5) is 13.1. The lowest BCUT2D eigenvalue weighted by Gasteiger charge is -2.13. The number of aryl methyl sites for hydroxylation is 1. The molecule has 1 atom stereocenters. The fourth-order valence-electron chi connectivity index (χ4n) is 1.82. The molecular formula is C16H17FN2OS. The molecular weight excluding hydrogens is 287 g/mol. The number of nitrogen functional groups attached to an aromatic ring is 1. The molecule has 0 saturated carbocycles. The largest absolute Gasteiger partial charge is 0.399 e. The number of rotatable bonds is 4. The molecule has 0 aromatic heterocycles. The average molecular weight is 304 g/mol.